The van der Waals surface area contributed by atoms with Gasteiger partial charge in [0, 0.05) is 52.2 Å². The highest BCUT2D eigenvalue weighted by molar-refractivity contribution is 5.91. The van der Waals surface area contributed by atoms with Gasteiger partial charge in [-0.2, -0.15) is 0 Å². The zero-order valence-electron chi connectivity index (χ0n) is 29.6. The molecule has 2 rings (SSSR count). The molecule has 0 aromatic heterocycles. The zero-order chi connectivity index (χ0) is 39.0. The van der Waals surface area contributed by atoms with Crippen molar-refractivity contribution in [2.24, 2.45) is 11.8 Å². The molecule has 2 aliphatic rings. The monoisotopic (exact) mass is 750 g/mol. The van der Waals surface area contributed by atoms with E-state index in [0.29, 0.717) is 0 Å². The first-order valence-corrected chi connectivity index (χ1v) is 17.1. The van der Waals surface area contributed by atoms with E-state index in [1.54, 1.807) is 0 Å². The van der Waals surface area contributed by atoms with Crippen molar-refractivity contribution in [3.8, 4) is 0 Å². The van der Waals surface area contributed by atoms with Gasteiger partial charge in [-0.15, -0.1) is 0 Å². The van der Waals surface area contributed by atoms with Crippen LogP contribution in [0.4, 0.5) is 0 Å². The molecular formula is C32H54N4O16. The molecule has 4 amide bonds. The molecule has 0 bridgehead atoms. The molecule has 20 nitrogen and oxygen atoms in total. The molecule has 0 aromatic carbocycles. The Hall–Kier alpha value is -3.18. The summed E-state index contributed by atoms with van der Waals surface area (Å²) in [4.78, 5) is 74.2. The van der Waals surface area contributed by atoms with Crippen molar-refractivity contribution in [2.75, 3.05) is 52.8 Å². The largest absolute Gasteiger partial charge is 0.396 e. The fourth-order valence-corrected chi connectivity index (χ4v) is 5.86. The molecule has 1 heterocycles. The third-order valence-corrected chi connectivity index (χ3v) is 8.59. The van der Waals surface area contributed by atoms with E-state index in [-0.39, 0.29) is 51.6 Å². The van der Waals surface area contributed by atoms with Crippen LogP contribution in [0.5, 0.6) is 0 Å². The van der Waals surface area contributed by atoms with E-state index in [1.165, 1.54) is 13.8 Å². The second-order valence-electron chi connectivity index (χ2n) is 12.9. The van der Waals surface area contributed by atoms with E-state index < -0.39 is 129 Å². The maximum Gasteiger partial charge on any atom is 0.224 e. The molecule has 0 radical (unpaired) electrons. The molecule has 10 unspecified atom stereocenters. The van der Waals surface area contributed by atoms with Crippen LogP contribution in [0.2, 0.25) is 0 Å². The third kappa shape index (κ3) is 14.7. The second kappa shape index (κ2) is 22.8. The molecular weight excluding hydrogens is 696 g/mol. The average Bonchev–Trinajstić information content (AvgIpc) is 3.08. The zero-order valence-corrected chi connectivity index (χ0v) is 29.6. The molecule has 1 aliphatic heterocycles. The number of hydrogen-bond donors (Lipinski definition) is 10. The van der Waals surface area contributed by atoms with E-state index in [0.717, 1.165) is 6.92 Å². The second-order valence-corrected chi connectivity index (χ2v) is 12.9. The van der Waals surface area contributed by atoms with Gasteiger partial charge in [-0.25, -0.2) is 0 Å². The lowest BCUT2D eigenvalue weighted by molar-refractivity contribution is -0.203. The molecule has 1 saturated carbocycles. The minimum Gasteiger partial charge on any atom is -0.396 e. The van der Waals surface area contributed by atoms with Crippen LogP contribution in [-0.4, -0.2) is 174 Å². The number of carbonyl (C=O) groups is 6. The average molecular weight is 751 g/mol. The summed E-state index contributed by atoms with van der Waals surface area (Å²) in [6.45, 7) is 2.55. The van der Waals surface area contributed by atoms with Crippen LogP contribution in [0.15, 0.2) is 0 Å². The third-order valence-electron chi connectivity index (χ3n) is 8.59. The Morgan fingerprint density at radius 1 is 0.750 bits per heavy atom. The number of amides is 4. The van der Waals surface area contributed by atoms with Gasteiger partial charge >= 0.3 is 0 Å². The molecule has 0 aromatic rings. The smallest absolute Gasteiger partial charge is 0.224 e. The first kappa shape index (κ1) is 45.0. The molecule has 52 heavy (non-hydrogen) atoms. The lowest BCUT2D eigenvalue weighted by Gasteiger charge is -2.42. The maximum atomic E-state index is 13.3. The number of rotatable bonds is 22. The van der Waals surface area contributed by atoms with Crippen molar-refractivity contribution >= 4 is 35.2 Å². The van der Waals surface area contributed by atoms with Crippen molar-refractivity contribution < 1.29 is 78.4 Å². The highest BCUT2D eigenvalue weighted by atomic mass is 16.5. The quantitative estimate of drug-likeness (QED) is 0.0462. The minimum atomic E-state index is -1.65. The molecule has 2 fully saturated rings. The Kier molecular flexibility index (Phi) is 19.7. The summed E-state index contributed by atoms with van der Waals surface area (Å²) >= 11 is 0. The van der Waals surface area contributed by atoms with Crippen LogP contribution in [-0.2, 0) is 47.7 Å². The highest BCUT2D eigenvalue weighted by Gasteiger charge is 2.46. The molecule has 10 N–H and O–H groups in total. The fraction of sp³-hybridized carbons (Fsp3) is 0.812. The van der Waals surface area contributed by atoms with Gasteiger partial charge in [0.2, 0.25) is 23.6 Å². The number of ether oxygens (including phenoxy) is 4. The Morgan fingerprint density at radius 3 is 1.96 bits per heavy atom. The SMILES string of the molecule is CC(=O)CCOCCOCCNC(=O)[C@@H](CC(=O)COC1CC(CO)C(O)C(O)C1NC(C)=O)CC(=O)NC1OC(CO)C(O)C(O)C1NC(C)=O. The van der Waals surface area contributed by atoms with Crippen LogP contribution in [0.3, 0.4) is 0 Å². The van der Waals surface area contributed by atoms with Crippen molar-refractivity contribution in [1.82, 2.24) is 21.3 Å². The van der Waals surface area contributed by atoms with Gasteiger partial charge in [-0.3, -0.25) is 28.8 Å². The highest BCUT2D eigenvalue weighted by Crippen LogP contribution is 2.28. The summed E-state index contributed by atoms with van der Waals surface area (Å²) in [5, 5.41) is 70.8. The summed E-state index contributed by atoms with van der Waals surface area (Å²) in [5.41, 5.74) is 0. The Morgan fingerprint density at radius 2 is 1.37 bits per heavy atom. The predicted octanol–water partition coefficient (Wildman–Crippen LogP) is -5.24. The van der Waals surface area contributed by atoms with Gasteiger partial charge in [-0.1, -0.05) is 0 Å². The molecule has 1 aliphatic carbocycles. The van der Waals surface area contributed by atoms with Crippen LogP contribution < -0.4 is 21.3 Å². The van der Waals surface area contributed by atoms with Crippen molar-refractivity contribution in [2.45, 2.75) is 101 Å². The van der Waals surface area contributed by atoms with Gasteiger partial charge in [-0.05, 0) is 13.3 Å². The van der Waals surface area contributed by atoms with Gasteiger partial charge in [0.05, 0.1) is 57.2 Å². The summed E-state index contributed by atoms with van der Waals surface area (Å²) in [5.74, 6) is -5.52. The molecule has 1 saturated heterocycles. The molecule has 20 heteroatoms. The number of nitrogens with one attached hydrogen (secondary N) is 4. The first-order chi connectivity index (χ1) is 24.6. The van der Waals surface area contributed by atoms with Crippen molar-refractivity contribution in [3.63, 3.8) is 0 Å². The minimum absolute atomic E-state index is 0.0152. The number of Topliss-reactive ketones (excluding diaryl/α,β-unsaturated/α-hetero) is 2. The summed E-state index contributed by atoms with van der Waals surface area (Å²) in [7, 11) is 0. The van der Waals surface area contributed by atoms with E-state index in [1.807, 2.05) is 0 Å². The Bertz CT molecular complexity index is 1190. The summed E-state index contributed by atoms with van der Waals surface area (Å²) < 4.78 is 21.9. The summed E-state index contributed by atoms with van der Waals surface area (Å²) in [6, 6.07) is -2.45. The van der Waals surface area contributed by atoms with Gasteiger partial charge in [0.25, 0.3) is 0 Å². The van der Waals surface area contributed by atoms with Gasteiger partial charge in [0.15, 0.2) is 12.0 Å². The maximum absolute atomic E-state index is 13.3. The Labute approximate surface area is 300 Å². The van der Waals surface area contributed by atoms with E-state index in [4.69, 9.17) is 18.9 Å². The molecule has 298 valence electrons. The normalized spacial score (nSPS) is 29.4. The fourth-order valence-electron chi connectivity index (χ4n) is 5.86. The summed E-state index contributed by atoms with van der Waals surface area (Å²) in [6.07, 6.45) is -10.8. The standard InChI is InChI=1S/C32H54N4O16/c1-16(39)4-6-49-8-9-50-7-5-33-31(48)19(12-24(43)36-32-26(35-18(3)41)30(47)28(45)23(14-38)52-32)10-21(42)15-51-22-11-20(13-37)27(44)29(46)25(22)34-17(2)40/h19-20,22-23,25-30,32,37-38,44-47H,4-15H2,1-3H3,(H,33,48)(H,34,40)(H,35,41)(H,36,43)/t19-,20?,22?,23?,25?,26?,27?,28?,29?,30?,32?/m0/s1. The topological polar surface area (TPSA) is 309 Å². The lowest BCUT2D eigenvalue weighted by atomic mass is 9.79. The van der Waals surface area contributed by atoms with Crippen LogP contribution in [0.1, 0.15) is 46.5 Å². The van der Waals surface area contributed by atoms with Gasteiger partial charge < -0.3 is 70.9 Å². The van der Waals surface area contributed by atoms with Crippen LogP contribution in [0, 0.1) is 11.8 Å². The number of hydrogen-bond acceptors (Lipinski definition) is 16. The van der Waals surface area contributed by atoms with E-state index in [2.05, 4.69) is 21.3 Å². The van der Waals surface area contributed by atoms with Crippen LogP contribution in [0.25, 0.3) is 0 Å². The predicted molar refractivity (Wildman–Crippen MR) is 176 cm³/mol. The van der Waals surface area contributed by atoms with Crippen molar-refractivity contribution in [1.29, 1.82) is 0 Å². The number of ketones is 2. The number of aliphatic hydroxyl groups excluding tert-OH is 6. The van der Waals surface area contributed by atoms with E-state index >= 15 is 0 Å². The first-order valence-electron chi connectivity index (χ1n) is 17.1. The number of carbonyl (C=O) groups excluding carboxylic acids is 6. The molecule has 11 atom stereocenters. The Balaban J connectivity index is 2.11. The van der Waals surface area contributed by atoms with E-state index in [9.17, 15) is 59.4 Å². The lowest BCUT2D eigenvalue weighted by Crippen LogP contribution is -2.68. The number of aliphatic hydroxyl groups is 6. The van der Waals surface area contributed by atoms with Crippen LogP contribution >= 0.6 is 0 Å². The molecule has 0 spiro atoms. The van der Waals surface area contributed by atoms with Gasteiger partial charge in [0.1, 0.15) is 42.8 Å². The van der Waals surface area contributed by atoms with Crippen molar-refractivity contribution in [3.05, 3.63) is 0 Å².